The van der Waals surface area contributed by atoms with E-state index in [1.54, 1.807) is 20.0 Å². The van der Waals surface area contributed by atoms with Gasteiger partial charge in [0.15, 0.2) is 9.84 Å². The van der Waals surface area contributed by atoms with Gasteiger partial charge in [0.05, 0.1) is 4.75 Å². The molecule has 0 aliphatic rings. The molecule has 0 fully saturated rings. The molecule has 17 heavy (non-hydrogen) atoms. The maximum atomic E-state index is 11.5. The van der Waals surface area contributed by atoms with Crippen LogP contribution in [0.2, 0.25) is 0 Å². The highest BCUT2D eigenvalue weighted by atomic mass is 32.2. The van der Waals surface area contributed by atoms with Crippen LogP contribution >= 0.6 is 0 Å². The predicted octanol–water partition coefficient (Wildman–Crippen LogP) is 1.04. The summed E-state index contributed by atoms with van der Waals surface area (Å²) in [6.07, 6.45) is 5.69. The minimum Gasteiger partial charge on any atom is -0.315 e. The van der Waals surface area contributed by atoms with Crippen molar-refractivity contribution in [2.24, 2.45) is 0 Å². The molecule has 1 rings (SSSR count). The van der Waals surface area contributed by atoms with E-state index in [0.29, 0.717) is 6.54 Å². The zero-order valence-electron chi connectivity index (χ0n) is 10.6. The van der Waals surface area contributed by atoms with Gasteiger partial charge < -0.3 is 5.32 Å². The van der Waals surface area contributed by atoms with Crippen molar-refractivity contribution in [2.45, 2.75) is 25.0 Å². The SMILES string of the molecule is CC(C)(CNCCc1cccnc1)S(C)(=O)=O. The van der Waals surface area contributed by atoms with E-state index in [4.69, 9.17) is 0 Å². The lowest BCUT2D eigenvalue weighted by molar-refractivity contribution is 0.523. The van der Waals surface area contributed by atoms with Gasteiger partial charge in [-0.25, -0.2) is 8.42 Å². The summed E-state index contributed by atoms with van der Waals surface area (Å²) in [5, 5.41) is 3.17. The summed E-state index contributed by atoms with van der Waals surface area (Å²) in [5.74, 6) is 0. The Labute approximate surface area is 103 Å². The van der Waals surface area contributed by atoms with Crippen LogP contribution in [0.1, 0.15) is 19.4 Å². The molecule has 0 bridgehead atoms. The highest BCUT2D eigenvalue weighted by Crippen LogP contribution is 2.13. The van der Waals surface area contributed by atoms with Crippen LogP contribution in [0.4, 0.5) is 0 Å². The van der Waals surface area contributed by atoms with Crippen LogP contribution in [0.5, 0.6) is 0 Å². The van der Waals surface area contributed by atoms with Crippen molar-refractivity contribution in [2.75, 3.05) is 19.3 Å². The van der Waals surface area contributed by atoms with Crippen molar-refractivity contribution in [1.82, 2.24) is 10.3 Å². The molecule has 0 atom stereocenters. The average molecular weight is 256 g/mol. The predicted molar refractivity (Wildman–Crippen MR) is 69.7 cm³/mol. The molecule has 1 aromatic rings. The Hall–Kier alpha value is -0.940. The number of nitrogens with zero attached hydrogens (tertiary/aromatic N) is 1. The van der Waals surface area contributed by atoms with E-state index in [1.165, 1.54) is 6.26 Å². The molecule has 0 amide bonds. The molecular formula is C12H20N2O2S. The van der Waals surface area contributed by atoms with Gasteiger partial charge in [0.25, 0.3) is 0 Å². The molecule has 0 unspecified atom stereocenters. The first kappa shape index (κ1) is 14.1. The highest BCUT2D eigenvalue weighted by Gasteiger charge is 2.29. The van der Waals surface area contributed by atoms with Gasteiger partial charge >= 0.3 is 0 Å². The topological polar surface area (TPSA) is 59.1 Å². The van der Waals surface area contributed by atoms with Crippen LogP contribution in [0.25, 0.3) is 0 Å². The maximum Gasteiger partial charge on any atom is 0.153 e. The number of aromatic nitrogens is 1. The zero-order valence-corrected chi connectivity index (χ0v) is 11.4. The molecule has 0 radical (unpaired) electrons. The third-order valence-electron chi connectivity index (χ3n) is 2.87. The zero-order chi connectivity index (χ0) is 12.9. The number of hydrogen-bond acceptors (Lipinski definition) is 4. The minimum atomic E-state index is -3.02. The molecule has 0 saturated heterocycles. The molecule has 1 N–H and O–H groups in total. The molecular weight excluding hydrogens is 236 g/mol. The monoisotopic (exact) mass is 256 g/mol. The van der Waals surface area contributed by atoms with E-state index in [2.05, 4.69) is 10.3 Å². The van der Waals surface area contributed by atoms with E-state index in [9.17, 15) is 8.42 Å². The second-order valence-electron chi connectivity index (χ2n) is 4.82. The summed E-state index contributed by atoms with van der Waals surface area (Å²) in [5.41, 5.74) is 1.15. The molecule has 0 aliphatic heterocycles. The summed E-state index contributed by atoms with van der Waals surface area (Å²) in [6.45, 7) is 4.69. The third kappa shape index (κ3) is 4.44. The molecule has 0 spiro atoms. The fraction of sp³-hybridized carbons (Fsp3) is 0.583. The Morgan fingerprint density at radius 1 is 1.41 bits per heavy atom. The Balaban J connectivity index is 2.35. The van der Waals surface area contributed by atoms with E-state index in [0.717, 1.165) is 18.5 Å². The number of pyridine rings is 1. The summed E-state index contributed by atoms with van der Waals surface area (Å²) >= 11 is 0. The normalized spacial score (nSPS) is 12.6. The van der Waals surface area contributed by atoms with Crippen LogP contribution in [0.3, 0.4) is 0 Å². The smallest absolute Gasteiger partial charge is 0.153 e. The quantitative estimate of drug-likeness (QED) is 0.773. The van der Waals surface area contributed by atoms with Crippen LogP contribution in [0, 0.1) is 0 Å². The molecule has 0 aromatic carbocycles. The molecule has 1 heterocycles. The highest BCUT2D eigenvalue weighted by molar-refractivity contribution is 7.92. The first-order chi connectivity index (χ1) is 7.83. The number of sulfone groups is 1. The summed E-state index contributed by atoms with van der Waals surface area (Å²) in [7, 11) is -3.02. The Bertz CT molecular complexity index is 441. The average Bonchev–Trinajstić information content (AvgIpc) is 2.24. The minimum absolute atomic E-state index is 0.464. The van der Waals surface area contributed by atoms with Crippen molar-refractivity contribution in [3.8, 4) is 0 Å². The fourth-order valence-corrected chi connectivity index (χ4v) is 1.66. The lowest BCUT2D eigenvalue weighted by Crippen LogP contribution is -2.42. The van der Waals surface area contributed by atoms with Gasteiger partial charge in [-0.3, -0.25) is 4.98 Å². The molecule has 4 nitrogen and oxygen atoms in total. The van der Waals surface area contributed by atoms with Crippen LogP contribution in [-0.2, 0) is 16.3 Å². The summed E-state index contributed by atoms with van der Waals surface area (Å²) in [6, 6.07) is 3.91. The van der Waals surface area contributed by atoms with Gasteiger partial charge in [-0.05, 0) is 38.4 Å². The Morgan fingerprint density at radius 2 is 2.12 bits per heavy atom. The number of nitrogens with one attached hydrogen (secondary N) is 1. The molecule has 0 aliphatic carbocycles. The first-order valence-electron chi connectivity index (χ1n) is 5.62. The van der Waals surface area contributed by atoms with Crippen LogP contribution in [-0.4, -0.2) is 37.5 Å². The lowest BCUT2D eigenvalue weighted by Gasteiger charge is -2.22. The third-order valence-corrected chi connectivity index (χ3v) is 5.02. The number of hydrogen-bond donors (Lipinski definition) is 1. The molecule has 96 valence electrons. The van der Waals surface area contributed by atoms with E-state index in [1.807, 2.05) is 18.3 Å². The Morgan fingerprint density at radius 3 is 2.65 bits per heavy atom. The van der Waals surface area contributed by atoms with E-state index >= 15 is 0 Å². The van der Waals surface area contributed by atoms with E-state index in [-0.39, 0.29) is 0 Å². The lowest BCUT2D eigenvalue weighted by atomic mass is 10.2. The number of rotatable bonds is 6. The molecule has 0 saturated carbocycles. The second-order valence-corrected chi connectivity index (χ2v) is 7.47. The van der Waals surface area contributed by atoms with Crippen molar-refractivity contribution in [1.29, 1.82) is 0 Å². The standard InChI is InChI=1S/C12H20N2O2S/c1-12(2,17(3,15)16)10-14-8-6-11-5-4-7-13-9-11/h4-5,7,9,14H,6,8,10H2,1-3H3. The van der Waals surface area contributed by atoms with Crippen molar-refractivity contribution in [3.63, 3.8) is 0 Å². The summed E-state index contributed by atoms with van der Waals surface area (Å²) in [4.78, 5) is 4.03. The fourth-order valence-electron chi connectivity index (χ4n) is 1.30. The van der Waals surface area contributed by atoms with Gasteiger partial charge in [0.2, 0.25) is 0 Å². The van der Waals surface area contributed by atoms with Crippen LogP contribution < -0.4 is 5.32 Å². The van der Waals surface area contributed by atoms with Gasteiger partial charge in [-0.15, -0.1) is 0 Å². The van der Waals surface area contributed by atoms with Crippen molar-refractivity contribution < 1.29 is 8.42 Å². The van der Waals surface area contributed by atoms with Crippen molar-refractivity contribution >= 4 is 9.84 Å². The van der Waals surface area contributed by atoms with Gasteiger partial charge in [0.1, 0.15) is 0 Å². The summed E-state index contributed by atoms with van der Waals surface area (Å²) < 4.78 is 22.2. The Kier molecular flexibility index (Phi) is 4.65. The van der Waals surface area contributed by atoms with Gasteiger partial charge in [-0.1, -0.05) is 6.07 Å². The second kappa shape index (κ2) is 5.60. The molecule has 1 aromatic heterocycles. The van der Waals surface area contributed by atoms with Crippen LogP contribution in [0.15, 0.2) is 24.5 Å². The molecule has 5 heteroatoms. The van der Waals surface area contributed by atoms with Gasteiger partial charge in [-0.2, -0.15) is 0 Å². The van der Waals surface area contributed by atoms with Crippen molar-refractivity contribution in [3.05, 3.63) is 30.1 Å². The van der Waals surface area contributed by atoms with E-state index < -0.39 is 14.6 Å². The largest absolute Gasteiger partial charge is 0.315 e. The van der Waals surface area contributed by atoms with Gasteiger partial charge in [0, 0.05) is 25.2 Å². The maximum absolute atomic E-state index is 11.5. The first-order valence-corrected chi connectivity index (χ1v) is 7.51.